The molecule has 0 radical (unpaired) electrons. The molecule has 0 aliphatic carbocycles. The lowest BCUT2D eigenvalue weighted by Gasteiger charge is -2.16. The van der Waals surface area contributed by atoms with Gasteiger partial charge in [-0.1, -0.05) is 37.3 Å². The lowest BCUT2D eigenvalue weighted by Crippen LogP contribution is -2.31. The van der Waals surface area contributed by atoms with Crippen molar-refractivity contribution < 1.29 is 9.59 Å². The Hall–Kier alpha value is -1.88. The van der Waals surface area contributed by atoms with E-state index >= 15 is 0 Å². The van der Waals surface area contributed by atoms with Gasteiger partial charge in [0, 0.05) is 38.4 Å². The van der Waals surface area contributed by atoms with Crippen molar-refractivity contribution in [3.63, 3.8) is 0 Å². The summed E-state index contributed by atoms with van der Waals surface area (Å²) in [5.41, 5.74) is 7.13. The quantitative estimate of drug-likeness (QED) is 0.800. The second-order valence-corrected chi connectivity index (χ2v) is 6.16. The number of nitrogens with two attached hydrogens (primary N) is 1. The summed E-state index contributed by atoms with van der Waals surface area (Å²) in [5, 5.41) is 2.80. The van der Waals surface area contributed by atoms with Crippen LogP contribution in [0, 0.1) is 5.92 Å². The normalized spacial score (nSPS) is 20.5. The van der Waals surface area contributed by atoms with Gasteiger partial charge in [0.2, 0.25) is 11.8 Å². The molecule has 1 aromatic carbocycles. The first-order chi connectivity index (χ1) is 11.2. The third-order valence-electron chi connectivity index (χ3n) is 4.46. The van der Waals surface area contributed by atoms with E-state index in [0.717, 1.165) is 6.42 Å². The number of hydrogen-bond acceptors (Lipinski definition) is 3. The van der Waals surface area contributed by atoms with Gasteiger partial charge in [-0.2, -0.15) is 0 Å². The Morgan fingerprint density at radius 3 is 2.61 bits per heavy atom. The number of amides is 2. The van der Waals surface area contributed by atoms with Gasteiger partial charge in [-0.05, 0) is 24.4 Å². The summed E-state index contributed by atoms with van der Waals surface area (Å²) >= 11 is 0. The molecule has 5 heteroatoms. The van der Waals surface area contributed by atoms with E-state index in [2.05, 4.69) is 17.4 Å². The third kappa shape index (κ3) is 4.79. The molecule has 3 N–H and O–H groups in total. The standard InChI is InChI=1S/C18H27N3O2/c1-2-10-20-17(22)8-9-18(23)21-12-15(11-19)16(13-21)14-6-4-3-5-7-14/h3-7,15-16H,2,8-13,19H2,1H3,(H,20,22)/t15-,16+/m1/s1. The molecule has 1 aliphatic rings. The van der Waals surface area contributed by atoms with Crippen LogP contribution in [0.5, 0.6) is 0 Å². The monoisotopic (exact) mass is 317 g/mol. The average molecular weight is 317 g/mol. The summed E-state index contributed by atoms with van der Waals surface area (Å²) < 4.78 is 0. The molecule has 23 heavy (non-hydrogen) atoms. The fourth-order valence-corrected chi connectivity index (χ4v) is 3.12. The van der Waals surface area contributed by atoms with Crippen molar-refractivity contribution >= 4 is 11.8 Å². The molecule has 0 spiro atoms. The zero-order valence-electron chi connectivity index (χ0n) is 13.8. The number of rotatable bonds is 7. The Bertz CT molecular complexity index is 518. The summed E-state index contributed by atoms with van der Waals surface area (Å²) in [7, 11) is 0. The predicted molar refractivity (Wildman–Crippen MR) is 90.8 cm³/mol. The maximum atomic E-state index is 12.4. The predicted octanol–water partition coefficient (Wildman–Crippen LogP) is 1.49. The molecule has 1 fully saturated rings. The number of hydrogen-bond donors (Lipinski definition) is 2. The molecule has 126 valence electrons. The topological polar surface area (TPSA) is 75.4 Å². The number of carbonyl (C=O) groups is 2. The van der Waals surface area contributed by atoms with Crippen molar-refractivity contribution in [3.8, 4) is 0 Å². The minimum atomic E-state index is -0.0469. The van der Waals surface area contributed by atoms with Crippen LogP contribution in [0.3, 0.4) is 0 Å². The lowest BCUT2D eigenvalue weighted by atomic mass is 9.89. The van der Waals surface area contributed by atoms with Gasteiger partial charge in [-0.15, -0.1) is 0 Å². The van der Waals surface area contributed by atoms with Crippen LogP contribution in [0.1, 0.15) is 37.7 Å². The molecule has 2 rings (SSSR count). The highest BCUT2D eigenvalue weighted by molar-refractivity contribution is 5.84. The molecule has 2 amide bonds. The zero-order valence-corrected chi connectivity index (χ0v) is 13.8. The molecule has 5 nitrogen and oxygen atoms in total. The second-order valence-electron chi connectivity index (χ2n) is 6.16. The van der Waals surface area contributed by atoms with E-state index in [4.69, 9.17) is 5.73 Å². The fraction of sp³-hybridized carbons (Fsp3) is 0.556. The second kappa shape index (κ2) is 8.67. The van der Waals surface area contributed by atoms with Crippen LogP contribution in [-0.4, -0.2) is 42.9 Å². The highest BCUT2D eigenvalue weighted by Crippen LogP contribution is 2.32. The minimum absolute atomic E-state index is 0.0469. The molecular weight excluding hydrogens is 290 g/mol. The zero-order chi connectivity index (χ0) is 16.7. The van der Waals surface area contributed by atoms with E-state index in [-0.39, 0.29) is 30.6 Å². The number of nitrogens with zero attached hydrogens (tertiary/aromatic N) is 1. The van der Waals surface area contributed by atoms with Gasteiger partial charge in [0.15, 0.2) is 0 Å². The van der Waals surface area contributed by atoms with Crippen molar-refractivity contribution in [1.82, 2.24) is 10.2 Å². The fourth-order valence-electron chi connectivity index (χ4n) is 3.12. The van der Waals surface area contributed by atoms with Gasteiger partial charge in [-0.25, -0.2) is 0 Å². The Morgan fingerprint density at radius 1 is 1.22 bits per heavy atom. The van der Waals surface area contributed by atoms with Crippen LogP contribution in [-0.2, 0) is 9.59 Å². The maximum absolute atomic E-state index is 12.4. The van der Waals surface area contributed by atoms with Crippen LogP contribution in [0.15, 0.2) is 30.3 Å². The summed E-state index contributed by atoms with van der Waals surface area (Å²) in [6.45, 7) is 4.63. The SMILES string of the molecule is CCCNC(=O)CCC(=O)N1C[C@@H](CN)[C@H](c2ccccc2)C1. The smallest absolute Gasteiger partial charge is 0.223 e. The van der Waals surface area contributed by atoms with E-state index in [0.29, 0.717) is 32.1 Å². The van der Waals surface area contributed by atoms with Crippen molar-refractivity contribution in [2.24, 2.45) is 11.7 Å². The summed E-state index contributed by atoms with van der Waals surface area (Å²) in [4.78, 5) is 25.9. The highest BCUT2D eigenvalue weighted by atomic mass is 16.2. The Labute approximate surface area is 138 Å². The van der Waals surface area contributed by atoms with E-state index in [1.807, 2.05) is 30.0 Å². The lowest BCUT2D eigenvalue weighted by molar-refractivity contribution is -0.132. The largest absolute Gasteiger partial charge is 0.356 e. The molecule has 1 aliphatic heterocycles. The van der Waals surface area contributed by atoms with E-state index in [9.17, 15) is 9.59 Å². The molecule has 0 aromatic heterocycles. The van der Waals surface area contributed by atoms with Crippen LogP contribution in [0.25, 0.3) is 0 Å². The Morgan fingerprint density at radius 2 is 1.96 bits per heavy atom. The first-order valence-electron chi connectivity index (χ1n) is 8.45. The summed E-state index contributed by atoms with van der Waals surface area (Å²) in [6.07, 6.45) is 1.44. The Kier molecular flexibility index (Phi) is 6.59. The van der Waals surface area contributed by atoms with E-state index in [1.165, 1.54) is 5.56 Å². The number of benzene rings is 1. The first-order valence-corrected chi connectivity index (χ1v) is 8.45. The molecule has 0 saturated carbocycles. The van der Waals surface area contributed by atoms with E-state index in [1.54, 1.807) is 0 Å². The van der Waals surface area contributed by atoms with Gasteiger partial charge >= 0.3 is 0 Å². The van der Waals surface area contributed by atoms with Gasteiger partial charge in [0.25, 0.3) is 0 Å². The average Bonchev–Trinajstić information content (AvgIpc) is 3.03. The van der Waals surface area contributed by atoms with Crippen molar-refractivity contribution in [3.05, 3.63) is 35.9 Å². The first kappa shape index (κ1) is 17.5. The van der Waals surface area contributed by atoms with E-state index < -0.39 is 0 Å². The molecule has 2 atom stereocenters. The number of likely N-dealkylation sites (tertiary alicyclic amines) is 1. The summed E-state index contributed by atoms with van der Waals surface area (Å²) in [6, 6.07) is 10.2. The van der Waals surface area contributed by atoms with Crippen LogP contribution in [0.4, 0.5) is 0 Å². The van der Waals surface area contributed by atoms with Crippen LogP contribution < -0.4 is 11.1 Å². The molecule has 1 heterocycles. The number of carbonyl (C=O) groups excluding carboxylic acids is 2. The van der Waals surface area contributed by atoms with Gasteiger partial charge in [0.05, 0.1) is 0 Å². The molecule has 0 unspecified atom stereocenters. The van der Waals surface area contributed by atoms with Crippen molar-refractivity contribution in [1.29, 1.82) is 0 Å². The number of nitrogens with one attached hydrogen (secondary N) is 1. The molecule has 1 aromatic rings. The van der Waals surface area contributed by atoms with Crippen molar-refractivity contribution in [2.75, 3.05) is 26.2 Å². The van der Waals surface area contributed by atoms with Gasteiger partial charge in [-0.3, -0.25) is 9.59 Å². The molecular formula is C18H27N3O2. The minimum Gasteiger partial charge on any atom is -0.356 e. The highest BCUT2D eigenvalue weighted by Gasteiger charge is 2.34. The maximum Gasteiger partial charge on any atom is 0.223 e. The summed E-state index contributed by atoms with van der Waals surface area (Å²) in [5.74, 6) is 0.581. The van der Waals surface area contributed by atoms with Gasteiger partial charge < -0.3 is 16.0 Å². The molecule has 1 saturated heterocycles. The third-order valence-corrected chi connectivity index (χ3v) is 4.46. The Balaban J connectivity index is 1.89. The van der Waals surface area contributed by atoms with Crippen LogP contribution in [0.2, 0.25) is 0 Å². The van der Waals surface area contributed by atoms with Crippen LogP contribution >= 0.6 is 0 Å². The van der Waals surface area contributed by atoms with Crippen molar-refractivity contribution in [2.45, 2.75) is 32.1 Å². The van der Waals surface area contributed by atoms with Gasteiger partial charge in [0.1, 0.15) is 0 Å². The molecule has 0 bridgehead atoms.